The molecule has 2 bridgehead atoms. The van der Waals surface area contributed by atoms with E-state index in [2.05, 4.69) is 4.90 Å². The molecule has 1 heterocycles. The third kappa shape index (κ3) is 2.80. The number of halogens is 1. The van der Waals surface area contributed by atoms with E-state index in [0.717, 1.165) is 25.3 Å². The van der Waals surface area contributed by atoms with Gasteiger partial charge in [-0.3, -0.25) is 4.79 Å². The molecule has 3 unspecified atom stereocenters. The van der Waals surface area contributed by atoms with Crippen molar-refractivity contribution in [1.82, 2.24) is 4.90 Å². The lowest BCUT2D eigenvalue weighted by Crippen LogP contribution is -2.51. The second kappa shape index (κ2) is 6.68. The molecule has 4 heteroatoms. The van der Waals surface area contributed by atoms with Crippen LogP contribution >= 0.6 is 12.4 Å². The van der Waals surface area contributed by atoms with E-state index >= 15 is 0 Å². The molecule has 3 aliphatic carbocycles. The minimum absolute atomic E-state index is 0. The lowest BCUT2D eigenvalue weighted by Gasteiger charge is -2.45. The first kappa shape index (κ1) is 16.6. The van der Waals surface area contributed by atoms with Crippen LogP contribution in [-0.2, 0) is 4.79 Å². The van der Waals surface area contributed by atoms with Crippen molar-refractivity contribution in [1.29, 1.82) is 0 Å². The fourth-order valence-electron chi connectivity index (χ4n) is 5.61. The molecule has 3 saturated carbocycles. The Morgan fingerprint density at radius 1 is 0.864 bits per heavy atom. The summed E-state index contributed by atoms with van der Waals surface area (Å²) in [5.74, 6) is 2.85. The Morgan fingerprint density at radius 2 is 1.45 bits per heavy atom. The third-order valence-electron chi connectivity index (χ3n) is 7.04. The van der Waals surface area contributed by atoms with Crippen LogP contribution in [-0.4, -0.2) is 29.4 Å². The van der Waals surface area contributed by atoms with Crippen molar-refractivity contribution in [3.63, 3.8) is 0 Å². The maximum atomic E-state index is 13.1. The molecule has 1 amide bonds. The van der Waals surface area contributed by atoms with Crippen molar-refractivity contribution in [3.05, 3.63) is 0 Å². The highest BCUT2D eigenvalue weighted by Crippen LogP contribution is 2.44. The fraction of sp³-hybridized carbons (Fsp3) is 0.944. The summed E-state index contributed by atoms with van der Waals surface area (Å²) in [7, 11) is 0. The Balaban J connectivity index is 0.00000144. The van der Waals surface area contributed by atoms with E-state index in [1.165, 1.54) is 51.4 Å². The van der Waals surface area contributed by atoms with Crippen LogP contribution in [0.2, 0.25) is 0 Å². The van der Waals surface area contributed by atoms with E-state index in [1.54, 1.807) is 0 Å². The van der Waals surface area contributed by atoms with Gasteiger partial charge >= 0.3 is 0 Å². The molecule has 0 radical (unpaired) electrons. The van der Waals surface area contributed by atoms with E-state index in [-0.39, 0.29) is 12.4 Å². The molecule has 4 rings (SSSR count). The molecule has 4 aliphatic rings. The van der Waals surface area contributed by atoms with Gasteiger partial charge in [-0.25, -0.2) is 0 Å². The number of amides is 1. The zero-order valence-corrected chi connectivity index (χ0v) is 14.4. The highest BCUT2D eigenvalue weighted by Gasteiger charge is 2.44. The Morgan fingerprint density at radius 3 is 2.05 bits per heavy atom. The minimum atomic E-state index is 0. The standard InChI is InChI=1S/C18H30N2O.ClH/c19-17-13-6-2-7-14(17)11-15(10-13)18(21)20-9-3-8-16(20)12-4-1-5-12;/h12-17H,1-11,19H2;1H. The number of fused-ring (bicyclic) bond motifs is 2. The maximum absolute atomic E-state index is 13.1. The molecule has 0 aromatic heterocycles. The Labute approximate surface area is 140 Å². The van der Waals surface area contributed by atoms with E-state index in [9.17, 15) is 4.79 Å². The van der Waals surface area contributed by atoms with Gasteiger partial charge in [-0.2, -0.15) is 0 Å². The molecule has 4 fully saturated rings. The SMILES string of the molecule is Cl.NC1C2CCCC1CC(C(=O)N1CCCC1C1CCC1)C2. The van der Waals surface area contributed by atoms with Crippen molar-refractivity contribution in [2.45, 2.75) is 76.3 Å². The Hall–Kier alpha value is -0.280. The summed E-state index contributed by atoms with van der Waals surface area (Å²) in [4.78, 5) is 15.4. The number of hydrogen-bond acceptors (Lipinski definition) is 2. The fourth-order valence-corrected chi connectivity index (χ4v) is 5.61. The van der Waals surface area contributed by atoms with Crippen LogP contribution in [0.15, 0.2) is 0 Å². The first-order valence-electron chi connectivity index (χ1n) is 9.30. The van der Waals surface area contributed by atoms with Crippen molar-refractivity contribution >= 4 is 18.3 Å². The van der Waals surface area contributed by atoms with Crippen LogP contribution < -0.4 is 5.73 Å². The number of nitrogens with two attached hydrogens (primary N) is 1. The molecular weight excluding hydrogens is 296 g/mol. The van der Waals surface area contributed by atoms with Crippen LogP contribution in [0.25, 0.3) is 0 Å². The van der Waals surface area contributed by atoms with E-state index in [0.29, 0.717) is 35.7 Å². The number of nitrogens with zero attached hydrogens (tertiary/aromatic N) is 1. The number of rotatable bonds is 2. The van der Waals surface area contributed by atoms with Crippen LogP contribution in [0.3, 0.4) is 0 Å². The van der Waals surface area contributed by atoms with Crippen LogP contribution in [0.5, 0.6) is 0 Å². The van der Waals surface area contributed by atoms with Gasteiger partial charge in [-0.1, -0.05) is 12.8 Å². The molecule has 0 aromatic rings. The van der Waals surface area contributed by atoms with Gasteiger partial charge in [0, 0.05) is 24.5 Å². The molecule has 1 saturated heterocycles. The predicted octanol–water partition coefficient (Wildman–Crippen LogP) is 3.35. The molecule has 22 heavy (non-hydrogen) atoms. The predicted molar refractivity (Wildman–Crippen MR) is 90.9 cm³/mol. The lowest BCUT2D eigenvalue weighted by atomic mass is 9.64. The van der Waals surface area contributed by atoms with E-state index in [4.69, 9.17) is 5.73 Å². The molecule has 0 spiro atoms. The van der Waals surface area contributed by atoms with Gasteiger partial charge in [-0.15, -0.1) is 12.4 Å². The van der Waals surface area contributed by atoms with Gasteiger partial charge in [0.15, 0.2) is 0 Å². The summed E-state index contributed by atoms with van der Waals surface area (Å²) in [6.07, 6.45) is 12.6. The quantitative estimate of drug-likeness (QED) is 0.845. The zero-order chi connectivity index (χ0) is 14.4. The van der Waals surface area contributed by atoms with Gasteiger partial charge in [0.1, 0.15) is 0 Å². The van der Waals surface area contributed by atoms with Crippen molar-refractivity contribution in [2.75, 3.05) is 6.54 Å². The summed E-state index contributed by atoms with van der Waals surface area (Å²) in [6.45, 7) is 1.03. The van der Waals surface area contributed by atoms with Gasteiger partial charge < -0.3 is 10.6 Å². The molecule has 1 aliphatic heterocycles. The summed E-state index contributed by atoms with van der Waals surface area (Å²) >= 11 is 0. The lowest BCUT2D eigenvalue weighted by molar-refractivity contribution is -0.141. The normalized spacial score (nSPS) is 41.7. The second-order valence-corrected chi connectivity index (χ2v) is 8.13. The molecule has 126 valence electrons. The average molecular weight is 327 g/mol. The van der Waals surface area contributed by atoms with Crippen LogP contribution in [0.4, 0.5) is 0 Å². The van der Waals surface area contributed by atoms with Crippen LogP contribution in [0, 0.1) is 23.7 Å². The largest absolute Gasteiger partial charge is 0.339 e. The summed E-state index contributed by atoms with van der Waals surface area (Å²) in [5, 5.41) is 0. The number of hydrogen-bond donors (Lipinski definition) is 1. The van der Waals surface area contributed by atoms with Crippen molar-refractivity contribution < 1.29 is 4.79 Å². The first-order chi connectivity index (χ1) is 10.2. The van der Waals surface area contributed by atoms with Gasteiger partial charge in [0.05, 0.1) is 0 Å². The Bertz CT molecular complexity index is 398. The molecule has 0 aromatic carbocycles. The van der Waals surface area contributed by atoms with Crippen molar-refractivity contribution in [3.8, 4) is 0 Å². The second-order valence-electron chi connectivity index (χ2n) is 8.13. The molecule has 3 nitrogen and oxygen atoms in total. The topological polar surface area (TPSA) is 46.3 Å². The number of carbonyl (C=O) groups is 1. The van der Waals surface area contributed by atoms with Crippen molar-refractivity contribution in [2.24, 2.45) is 29.4 Å². The van der Waals surface area contributed by atoms with Gasteiger partial charge in [0.2, 0.25) is 5.91 Å². The van der Waals surface area contributed by atoms with Gasteiger partial charge in [0.25, 0.3) is 0 Å². The third-order valence-corrected chi connectivity index (χ3v) is 7.04. The molecule has 2 N–H and O–H groups in total. The number of carbonyl (C=O) groups excluding carboxylic acids is 1. The Kier molecular flexibility index (Phi) is 5.04. The van der Waals surface area contributed by atoms with E-state index < -0.39 is 0 Å². The summed E-state index contributed by atoms with van der Waals surface area (Å²) in [5.41, 5.74) is 6.38. The average Bonchev–Trinajstić information content (AvgIpc) is 2.84. The minimum Gasteiger partial charge on any atom is -0.339 e. The zero-order valence-electron chi connectivity index (χ0n) is 13.6. The smallest absolute Gasteiger partial charge is 0.225 e. The molecule has 3 atom stereocenters. The maximum Gasteiger partial charge on any atom is 0.225 e. The van der Waals surface area contributed by atoms with Gasteiger partial charge in [-0.05, 0) is 69.1 Å². The highest BCUT2D eigenvalue weighted by molar-refractivity contribution is 5.85. The first-order valence-corrected chi connectivity index (χ1v) is 9.30. The van der Waals surface area contributed by atoms with Crippen LogP contribution in [0.1, 0.15) is 64.2 Å². The van der Waals surface area contributed by atoms with E-state index in [1.807, 2.05) is 0 Å². The highest BCUT2D eigenvalue weighted by atomic mass is 35.5. The monoisotopic (exact) mass is 326 g/mol. The summed E-state index contributed by atoms with van der Waals surface area (Å²) in [6, 6.07) is 0.963. The summed E-state index contributed by atoms with van der Waals surface area (Å²) < 4.78 is 0. The molecular formula is C18H31ClN2O. The number of likely N-dealkylation sites (tertiary alicyclic amines) is 1.